The van der Waals surface area contributed by atoms with Crippen molar-refractivity contribution in [3.05, 3.63) is 30.1 Å². The summed E-state index contributed by atoms with van der Waals surface area (Å²) in [5.74, 6) is 0.193. The second kappa shape index (κ2) is 8.63. The van der Waals surface area contributed by atoms with Crippen molar-refractivity contribution in [3.8, 4) is 5.75 Å². The number of amides is 2. The Morgan fingerprint density at radius 2 is 1.79 bits per heavy atom. The molecule has 1 aliphatic heterocycles. The second-order valence-corrected chi connectivity index (χ2v) is 5.97. The lowest BCUT2D eigenvalue weighted by Gasteiger charge is -2.23. The summed E-state index contributed by atoms with van der Waals surface area (Å²) in [5.41, 5.74) is 5.96. The summed E-state index contributed by atoms with van der Waals surface area (Å²) in [7, 11) is 0. The van der Waals surface area contributed by atoms with Gasteiger partial charge in [0.05, 0.1) is 0 Å². The Balaban J connectivity index is 1.76. The van der Waals surface area contributed by atoms with E-state index >= 15 is 0 Å². The summed E-state index contributed by atoms with van der Waals surface area (Å²) in [6.45, 7) is 4.13. The molecular weight excluding hydrogens is 313 g/mol. The van der Waals surface area contributed by atoms with Crippen molar-refractivity contribution in [3.63, 3.8) is 0 Å². The zero-order valence-corrected chi connectivity index (χ0v) is 13.9. The molecule has 1 aromatic rings. The smallest absolute Gasteiger partial charge is 0.224 e. The van der Waals surface area contributed by atoms with Crippen LogP contribution >= 0.6 is 0 Å². The maximum absolute atomic E-state index is 12.8. The molecule has 1 heterocycles. The predicted molar refractivity (Wildman–Crippen MR) is 87.9 cm³/mol. The number of hydrogen-bond donors (Lipinski definition) is 1. The number of rotatable bonds is 5. The number of ether oxygens (including phenoxy) is 1. The summed E-state index contributed by atoms with van der Waals surface area (Å²) >= 11 is 0. The quantitative estimate of drug-likeness (QED) is 0.870. The Hall–Kier alpha value is -2.15. The SMILES string of the molecule is CC(=O)N1CCCN(C(=O)C[C@H](N)COc2ccc(F)cc2)CC1. The van der Waals surface area contributed by atoms with Gasteiger partial charge in [-0.3, -0.25) is 9.59 Å². The molecule has 0 aliphatic carbocycles. The molecule has 6 nitrogen and oxygen atoms in total. The summed E-state index contributed by atoms with van der Waals surface area (Å²) in [6.07, 6.45) is 0.952. The van der Waals surface area contributed by atoms with Crippen LogP contribution in [0.3, 0.4) is 0 Å². The monoisotopic (exact) mass is 337 g/mol. The van der Waals surface area contributed by atoms with Crippen molar-refractivity contribution >= 4 is 11.8 Å². The number of hydrogen-bond acceptors (Lipinski definition) is 4. The average Bonchev–Trinajstić information content (AvgIpc) is 2.80. The molecule has 1 aliphatic rings. The molecule has 1 aromatic carbocycles. The fourth-order valence-corrected chi connectivity index (χ4v) is 2.63. The van der Waals surface area contributed by atoms with E-state index in [1.807, 2.05) is 0 Å². The van der Waals surface area contributed by atoms with Gasteiger partial charge in [0.1, 0.15) is 18.2 Å². The first kappa shape index (κ1) is 18.2. The molecule has 1 saturated heterocycles. The Morgan fingerprint density at radius 3 is 2.46 bits per heavy atom. The topological polar surface area (TPSA) is 75.9 Å². The van der Waals surface area contributed by atoms with E-state index in [0.29, 0.717) is 31.9 Å². The fraction of sp³-hybridized carbons (Fsp3) is 0.529. The highest BCUT2D eigenvalue weighted by molar-refractivity contribution is 5.77. The highest BCUT2D eigenvalue weighted by atomic mass is 19.1. The third-order valence-corrected chi connectivity index (χ3v) is 4.01. The minimum Gasteiger partial charge on any atom is -0.492 e. The van der Waals surface area contributed by atoms with E-state index in [1.54, 1.807) is 16.7 Å². The largest absolute Gasteiger partial charge is 0.492 e. The van der Waals surface area contributed by atoms with Gasteiger partial charge in [0, 0.05) is 45.6 Å². The predicted octanol–water partition coefficient (Wildman–Crippen LogP) is 1.00. The Labute approximate surface area is 141 Å². The Morgan fingerprint density at radius 1 is 1.17 bits per heavy atom. The highest BCUT2D eigenvalue weighted by Gasteiger charge is 2.21. The third-order valence-electron chi connectivity index (χ3n) is 4.01. The highest BCUT2D eigenvalue weighted by Crippen LogP contribution is 2.12. The molecule has 7 heteroatoms. The molecule has 24 heavy (non-hydrogen) atoms. The van der Waals surface area contributed by atoms with Crippen LogP contribution in [0.15, 0.2) is 24.3 Å². The number of nitrogens with two attached hydrogens (primary N) is 1. The zero-order chi connectivity index (χ0) is 17.5. The van der Waals surface area contributed by atoms with Gasteiger partial charge in [-0.2, -0.15) is 0 Å². The van der Waals surface area contributed by atoms with Gasteiger partial charge in [-0.15, -0.1) is 0 Å². The standard InChI is InChI=1S/C17H24FN3O3/c1-13(22)20-7-2-8-21(10-9-20)17(23)11-15(19)12-24-16-5-3-14(18)4-6-16/h3-6,15H,2,7-12,19H2,1H3/t15-/m0/s1. The van der Waals surface area contributed by atoms with E-state index in [1.165, 1.54) is 24.3 Å². The van der Waals surface area contributed by atoms with Crippen LogP contribution in [0.2, 0.25) is 0 Å². The molecule has 1 atom stereocenters. The maximum Gasteiger partial charge on any atom is 0.224 e. The molecular formula is C17H24FN3O3. The van der Waals surface area contributed by atoms with Crippen LogP contribution < -0.4 is 10.5 Å². The summed E-state index contributed by atoms with van der Waals surface area (Å²) in [5, 5.41) is 0. The molecule has 1 fully saturated rings. The van der Waals surface area contributed by atoms with Crippen LogP contribution in [0.5, 0.6) is 5.75 Å². The minimum absolute atomic E-state index is 0.0318. The van der Waals surface area contributed by atoms with Crippen molar-refractivity contribution in [2.45, 2.75) is 25.8 Å². The fourth-order valence-electron chi connectivity index (χ4n) is 2.63. The van der Waals surface area contributed by atoms with Crippen molar-refractivity contribution in [1.29, 1.82) is 0 Å². The second-order valence-electron chi connectivity index (χ2n) is 5.97. The molecule has 0 spiro atoms. The number of benzene rings is 1. The average molecular weight is 337 g/mol. The van der Waals surface area contributed by atoms with E-state index in [9.17, 15) is 14.0 Å². The third kappa shape index (κ3) is 5.49. The molecule has 0 unspecified atom stereocenters. The maximum atomic E-state index is 12.8. The van der Waals surface area contributed by atoms with E-state index in [-0.39, 0.29) is 30.7 Å². The number of carbonyl (C=O) groups is 2. The van der Waals surface area contributed by atoms with Crippen LogP contribution in [0, 0.1) is 5.82 Å². The van der Waals surface area contributed by atoms with Gasteiger partial charge in [-0.1, -0.05) is 0 Å². The molecule has 2 rings (SSSR count). The molecule has 0 saturated carbocycles. The molecule has 0 aromatic heterocycles. The minimum atomic E-state index is -0.435. The summed E-state index contributed by atoms with van der Waals surface area (Å²) in [4.78, 5) is 27.2. The molecule has 0 bridgehead atoms. The molecule has 2 amide bonds. The first-order valence-corrected chi connectivity index (χ1v) is 8.13. The number of halogens is 1. The van der Waals surface area contributed by atoms with Crippen molar-refractivity contribution < 1.29 is 18.7 Å². The van der Waals surface area contributed by atoms with E-state index in [4.69, 9.17) is 10.5 Å². The first-order chi connectivity index (χ1) is 11.5. The van der Waals surface area contributed by atoms with E-state index < -0.39 is 6.04 Å². The van der Waals surface area contributed by atoms with E-state index in [2.05, 4.69) is 0 Å². The van der Waals surface area contributed by atoms with Gasteiger partial charge in [0.2, 0.25) is 11.8 Å². The lowest BCUT2D eigenvalue weighted by molar-refractivity contribution is -0.133. The van der Waals surface area contributed by atoms with Gasteiger partial charge in [0.25, 0.3) is 0 Å². The van der Waals surface area contributed by atoms with Gasteiger partial charge in [-0.25, -0.2) is 4.39 Å². The van der Waals surface area contributed by atoms with Crippen molar-refractivity contribution in [2.75, 3.05) is 32.8 Å². The van der Waals surface area contributed by atoms with E-state index in [0.717, 1.165) is 6.42 Å². The number of nitrogens with zero attached hydrogens (tertiary/aromatic N) is 2. The number of carbonyl (C=O) groups excluding carboxylic acids is 2. The summed E-state index contributed by atoms with van der Waals surface area (Å²) < 4.78 is 18.3. The zero-order valence-electron chi connectivity index (χ0n) is 13.9. The van der Waals surface area contributed by atoms with Crippen LogP contribution in [0.25, 0.3) is 0 Å². The Bertz CT molecular complexity index is 565. The summed E-state index contributed by atoms with van der Waals surface area (Å²) in [6, 6.07) is 5.23. The molecule has 0 radical (unpaired) electrons. The van der Waals surface area contributed by atoms with Gasteiger partial charge < -0.3 is 20.3 Å². The first-order valence-electron chi connectivity index (χ1n) is 8.13. The van der Waals surface area contributed by atoms with Crippen LogP contribution in [0.4, 0.5) is 4.39 Å². The Kier molecular flexibility index (Phi) is 6.54. The van der Waals surface area contributed by atoms with Crippen LogP contribution in [-0.4, -0.2) is 60.4 Å². The molecule has 132 valence electrons. The molecule has 2 N–H and O–H groups in total. The van der Waals surface area contributed by atoms with Crippen LogP contribution in [0.1, 0.15) is 19.8 Å². The lowest BCUT2D eigenvalue weighted by Crippen LogP contribution is -2.40. The normalized spacial score (nSPS) is 16.5. The van der Waals surface area contributed by atoms with Crippen LogP contribution in [-0.2, 0) is 9.59 Å². The van der Waals surface area contributed by atoms with Crippen molar-refractivity contribution in [1.82, 2.24) is 9.80 Å². The lowest BCUT2D eigenvalue weighted by atomic mass is 10.2. The van der Waals surface area contributed by atoms with Gasteiger partial charge in [-0.05, 0) is 30.7 Å². The van der Waals surface area contributed by atoms with Gasteiger partial charge >= 0.3 is 0 Å². The van der Waals surface area contributed by atoms with Crippen molar-refractivity contribution in [2.24, 2.45) is 5.73 Å². The van der Waals surface area contributed by atoms with Gasteiger partial charge in [0.15, 0.2) is 0 Å².